The zero-order valence-corrected chi connectivity index (χ0v) is 51.0. The Balaban J connectivity index is 4.28. The molecule has 0 fully saturated rings. The van der Waals surface area contributed by atoms with Crippen LogP contribution in [0.1, 0.15) is 329 Å². The van der Waals surface area contributed by atoms with Crippen molar-refractivity contribution in [3.05, 3.63) is 85.1 Å². The van der Waals surface area contributed by atoms with Crippen LogP contribution >= 0.6 is 0 Å². The van der Waals surface area contributed by atoms with Gasteiger partial charge in [0.25, 0.3) is 0 Å². The molecule has 444 valence electrons. The molecule has 1 unspecified atom stereocenters. The van der Waals surface area contributed by atoms with Crippen LogP contribution < -0.4 is 0 Å². The van der Waals surface area contributed by atoms with Gasteiger partial charge in [-0.2, -0.15) is 0 Å². The molecule has 0 aromatic carbocycles. The summed E-state index contributed by atoms with van der Waals surface area (Å²) in [5.41, 5.74) is 0. The third kappa shape index (κ3) is 63.3. The lowest BCUT2D eigenvalue weighted by atomic mass is 10.0. The molecule has 6 heteroatoms. The van der Waals surface area contributed by atoms with E-state index in [-0.39, 0.29) is 31.1 Å². The van der Waals surface area contributed by atoms with Gasteiger partial charge in [0.2, 0.25) is 0 Å². The Morgan fingerprint density at radius 2 is 0.506 bits per heavy atom. The Labute approximate surface area is 477 Å². The smallest absolute Gasteiger partial charge is 0.306 e. The molecule has 0 saturated heterocycles. The van der Waals surface area contributed by atoms with Crippen molar-refractivity contribution in [3.8, 4) is 0 Å². The summed E-state index contributed by atoms with van der Waals surface area (Å²) < 4.78 is 16.9. The van der Waals surface area contributed by atoms with E-state index >= 15 is 0 Å². The van der Waals surface area contributed by atoms with Crippen molar-refractivity contribution in [2.75, 3.05) is 13.2 Å². The van der Waals surface area contributed by atoms with E-state index in [1.165, 1.54) is 186 Å². The van der Waals surface area contributed by atoms with E-state index in [4.69, 9.17) is 14.2 Å². The predicted molar refractivity (Wildman–Crippen MR) is 334 cm³/mol. The molecule has 0 aromatic rings. The van der Waals surface area contributed by atoms with Crippen molar-refractivity contribution in [1.82, 2.24) is 0 Å². The third-order valence-corrected chi connectivity index (χ3v) is 14.4. The molecular weight excluding hydrogens is 949 g/mol. The van der Waals surface area contributed by atoms with E-state index in [0.29, 0.717) is 19.3 Å². The third-order valence-electron chi connectivity index (χ3n) is 14.4. The minimum Gasteiger partial charge on any atom is -0.462 e. The van der Waals surface area contributed by atoms with Gasteiger partial charge in [-0.3, -0.25) is 14.4 Å². The molecule has 0 rings (SSSR count). The molecule has 0 heterocycles. The molecule has 77 heavy (non-hydrogen) atoms. The molecule has 0 amide bonds. The summed E-state index contributed by atoms with van der Waals surface area (Å²) in [5.74, 6) is -0.874. The zero-order chi connectivity index (χ0) is 55.7. The highest BCUT2D eigenvalue weighted by Crippen LogP contribution is 2.17. The van der Waals surface area contributed by atoms with Gasteiger partial charge in [0.05, 0.1) is 0 Å². The van der Waals surface area contributed by atoms with Crippen LogP contribution in [0.5, 0.6) is 0 Å². The minimum atomic E-state index is -0.780. The summed E-state index contributed by atoms with van der Waals surface area (Å²) in [6.45, 7) is 6.55. The molecule has 0 spiro atoms. The maximum absolute atomic E-state index is 12.9. The van der Waals surface area contributed by atoms with Gasteiger partial charge < -0.3 is 14.2 Å². The van der Waals surface area contributed by atoms with Crippen LogP contribution in [0.3, 0.4) is 0 Å². The Kier molecular flexibility index (Phi) is 62.2. The molecule has 0 N–H and O–H groups in total. The summed E-state index contributed by atoms with van der Waals surface area (Å²) in [6, 6.07) is 0. The van der Waals surface area contributed by atoms with Crippen molar-refractivity contribution < 1.29 is 28.6 Å². The van der Waals surface area contributed by atoms with Crippen molar-refractivity contribution >= 4 is 17.9 Å². The van der Waals surface area contributed by atoms with E-state index < -0.39 is 6.10 Å². The molecule has 0 radical (unpaired) electrons. The number of esters is 3. The van der Waals surface area contributed by atoms with Crippen LogP contribution in [0.4, 0.5) is 0 Å². The molecule has 0 saturated carbocycles. The largest absolute Gasteiger partial charge is 0.462 e. The predicted octanol–water partition coefficient (Wildman–Crippen LogP) is 22.7. The number of carbonyl (C=O) groups is 3. The number of ether oxygens (including phenoxy) is 3. The quantitative estimate of drug-likeness (QED) is 0.0261. The van der Waals surface area contributed by atoms with E-state index in [0.717, 1.165) is 103 Å². The van der Waals surface area contributed by atoms with Crippen molar-refractivity contribution in [3.63, 3.8) is 0 Å². The van der Waals surface area contributed by atoms with E-state index in [1.54, 1.807) is 0 Å². The lowest BCUT2D eigenvalue weighted by molar-refractivity contribution is -0.167. The van der Waals surface area contributed by atoms with E-state index in [2.05, 4.69) is 106 Å². The molecule has 1 atom stereocenters. The number of carbonyl (C=O) groups excluding carboxylic acids is 3. The summed E-state index contributed by atoms with van der Waals surface area (Å²) in [7, 11) is 0. The van der Waals surface area contributed by atoms with Crippen molar-refractivity contribution in [1.29, 1.82) is 0 Å². The lowest BCUT2D eigenvalue weighted by Crippen LogP contribution is -2.30. The van der Waals surface area contributed by atoms with Gasteiger partial charge in [0.15, 0.2) is 6.10 Å². The van der Waals surface area contributed by atoms with Gasteiger partial charge in [-0.15, -0.1) is 0 Å². The molecule has 0 aromatic heterocycles. The first-order chi connectivity index (χ1) is 38.0. The fourth-order valence-electron chi connectivity index (χ4n) is 9.44. The minimum absolute atomic E-state index is 0.0779. The Hall–Kier alpha value is -3.41. The summed E-state index contributed by atoms with van der Waals surface area (Å²) in [5, 5.41) is 0. The van der Waals surface area contributed by atoms with Gasteiger partial charge >= 0.3 is 17.9 Å². The molecular formula is C71H124O6. The fraction of sp³-hybridized carbons (Fsp3) is 0.761. The van der Waals surface area contributed by atoms with Gasteiger partial charge in [-0.1, -0.05) is 298 Å². The zero-order valence-electron chi connectivity index (χ0n) is 51.0. The molecule has 0 aliphatic rings. The highest BCUT2D eigenvalue weighted by Gasteiger charge is 2.19. The SMILES string of the molecule is CC/C=C\C/C=C\C/C=C\C/C=C\C/C=C\C/C=C\CCCCCCCCCCCCC(=O)OCC(COC(=O)CCCCCCC/C=C\CCCCCCC)OC(=O)CCCCCCCCCCCCCCCCCC. The molecule has 0 bridgehead atoms. The average molecular weight is 1070 g/mol. The number of hydrogen-bond donors (Lipinski definition) is 0. The van der Waals surface area contributed by atoms with Gasteiger partial charge in [0, 0.05) is 19.3 Å². The Morgan fingerprint density at radius 3 is 0.805 bits per heavy atom. The summed E-state index contributed by atoms with van der Waals surface area (Å²) in [6.07, 6.45) is 85.9. The van der Waals surface area contributed by atoms with Crippen LogP contribution in [0.25, 0.3) is 0 Å². The van der Waals surface area contributed by atoms with Crippen LogP contribution in [-0.4, -0.2) is 37.2 Å². The van der Waals surface area contributed by atoms with Crippen LogP contribution in [0, 0.1) is 0 Å². The standard InChI is InChI=1S/C71H124O6/c1-4-7-10-13-16-19-22-25-28-30-31-32-33-34-35-36-37-38-39-40-41-42-44-46-49-52-55-58-61-64-70(73)76-67-68(66-75-69(72)63-60-57-54-51-48-45-27-24-21-18-15-12-9-6-3)77-71(74)65-62-59-56-53-50-47-43-29-26-23-20-17-14-11-8-5-2/h7,10,16,19,24-25,27-28,31-32,34-35,37-38,68H,4-6,8-9,11-15,17-18,20-23,26,29-30,33,36,39-67H2,1-3H3/b10-7-,19-16-,27-24-,28-25-,32-31-,35-34-,38-37-. The highest BCUT2D eigenvalue weighted by molar-refractivity contribution is 5.71. The summed E-state index contributed by atoms with van der Waals surface area (Å²) in [4.78, 5) is 38.3. The average Bonchev–Trinajstić information content (AvgIpc) is 3.43. The second-order valence-corrected chi connectivity index (χ2v) is 22.0. The fourth-order valence-corrected chi connectivity index (χ4v) is 9.44. The molecule has 6 nitrogen and oxygen atoms in total. The Bertz CT molecular complexity index is 1470. The van der Waals surface area contributed by atoms with E-state index in [1.807, 2.05) is 0 Å². The Morgan fingerprint density at radius 1 is 0.273 bits per heavy atom. The second-order valence-electron chi connectivity index (χ2n) is 22.0. The van der Waals surface area contributed by atoms with Gasteiger partial charge in [-0.25, -0.2) is 0 Å². The number of rotatable bonds is 60. The first kappa shape index (κ1) is 73.6. The maximum Gasteiger partial charge on any atom is 0.306 e. The topological polar surface area (TPSA) is 78.9 Å². The summed E-state index contributed by atoms with van der Waals surface area (Å²) >= 11 is 0. The first-order valence-corrected chi connectivity index (χ1v) is 33.1. The highest BCUT2D eigenvalue weighted by atomic mass is 16.6. The van der Waals surface area contributed by atoms with E-state index in [9.17, 15) is 14.4 Å². The van der Waals surface area contributed by atoms with Crippen LogP contribution in [0.15, 0.2) is 85.1 Å². The molecule has 0 aliphatic heterocycles. The van der Waals surface area contributed by atoms with Crippen LogP contribution in [0.2, 0.25) is 0 Å². The number of allylic oxidation sites excluding steroid dienone is 14. The van der Waals surface area contributed by atoms with Gasteiger partial charge in [0.1, 0.15) is 13.2 Å². The van der Waals surface area contributed by atoms with Crippen molar-refractivity contribution in [2.24, 2.45) is 0 Å². The normalized spacial score (nSPS) is 12.6. The van der Waals surface area contributed by atoms with Gasteiger partial charge in [-0.05, 0) is 96.3 Å². The van der Waals surface area contributed by atoms with Crippen molar-refractivity contribution in [2.45, 2.75) is 335 Å². The second kappa shape index (κ2) is 65.1. The number of hydrogen-bond acceptors (Lipinski definition) is 6. The maximum atomic E-state index is 12.9. The molecule has 0 aliphatic carbocycles. The first-order valence-electron chi connectivity index (χ1n) is 33.1. The number of unbranched alkanes of at least 4 members (excludes halogenated alkanes) is 35. The lowest BCUT2D eigenvalue weighted by Gasteiger charge is -2.18. The monoisotopic (exact) mass is 1070 g/mol. The van der Waals surface area contributed by atoms with Crippen LogP contribution in [-0.2, 0) is 28.6 Å².